The Morgan fingerprint density at radius 2 is 1.87 bits per heavy atom. The number of piperidine rings is 1. The van der Waals surface area contributed by atoms with E-state index >= 15 is 0 Å². The van der Waals surface area contributed by atoms with Gasteiger partial charge >= 0.3 is 0 Å². The molecule has 1 heterocycles. The fourth-order valence-corrected chi connectivity index (χ4v) is 3.40. The van der Waals surface area contributed by atoms with Gasteiger partial charge in [0.15, 0.2) is 0 Å². The fourth-order valence-electron chi connectivity index (χ4n) is 2.67. The highest BCUT2D eigenvalue weighted by atomic mass is 79.9. The molecule has 0 aromatic carbocycles. The average Bonchev–Trinajstić information content (AvgIpc) is 2.10. The Balaban J connectivity index is 1.88. The topological polar surface area (TPSA) is 3.24 Å². The molecule has 15 heavy (non-hydrogen) atoms. The van der Waals surface area contributed by atoms with Crippen molar-refractivity contribution in [2.45, 2.75) is 38.0 Å². The lowest BCUT2D eigenvalue weighted by Gasteiger charge is -2.45. The fraction of sp³-hybridized carbons (Fsp3) is 1.00. The van der Waals surface area contributed by atoms with E-state index in [-0.39, 0.29) is 13.0 Å². The second-order valence-electron chi connectivity index (χ2n) is 5.16. The summed E-state index contributed by atoms with van der Waals surface area (Å²) >= 11 is 3.52. The van der Waals surface area contributed by atoms with Crippen LogP contribution in [0.5, 0.6) is 0 Å². The van der Waals surface area contributed by atoms with Crippen LogP contribution in [0.4, 0.5) is 8.78 Å². The molecule has 0 aromatic rings. The second kappa shape index (κ2) is 4.28. The van der Waals surface area contributed by atoms with Crippen LogP contribution in [0.1, 0.15) is 32.1 Å². The van der Waals surface area contributed by atoms with Crippen molar-refractivity contribution >= 4 is 15.9 Å². The van der Waals surface area contributed by atoms with E-state index in [0.29, 0.717) is 11.8 Å². The molecule has 88 valence electrons. The second-order valence-corrected chi connectivity index (χ2v) is 5.72. The zero-order chi connectivity index (χ0) is 10.9. The molecular formula is C11H18BrF2N. The van der Waals surface area contributed by atoms with E-state index in [1.807, 2.05) is 4.90 Å². The third-order valence-electron chi connectivity index (χ3n) is 3.73. The number of rotatable bonds is 3. The first kappa shape index (κ1) is 11.8. The van der Waals surface area contributed by atoms with Crippen molar-refractivity contribution in [2.24, 2.45) is 5.41 Å². The van der Waals surface area contributed by atoms with Crippen molar-refractivity contribution in [3.63, 3.8) is 0 Å². The summed E-state index contributed by atoms with van der Waals surface area (Å²) < 4.78 is 26.4. The lowest BCUT2D eigenvalue weighted by atomic mass is 9.70. The summed E-state index contributed by atoms with van der Waals surface area (Å²) in [6.07, 6.45) is 4.37. The summed E-state index contributed by atoms with van der Waals surface area (Å²) in [5.74, 6) is -2.45. The Hall–Kier alpha value is 0.300. The zero-order valence-electron chi connectivity index (χ0n) is 8.95. The standard InChI is InChI=1S/C11H18BrF2N/c12-7-10(3-1-4-10)8-15-6-2-5-11(13,14)9-15/h1-9H2. The van der Waals surface area contributed by atoms with E-state index in [1.54, 1.807) is 0 Å². The van der Waals surface area contributed by atoms with Crippen LogP contribution in [0.2, 0.25) is 0 Å². The SMILES string of the molecule is FC1(F)CCCN(CC2(CBr)CCC2)C1. The van der Waals surface area contributed by atoms with Crippen LogP contribution in [-0.4, -0.2) is 35.8 Å². The number of hydrogen-bond acceptors (Lipinski definition) is 1. The van der Waals surface area contributed by atoms with Crippen molar-refractivity contribution in [2.75, 3.05) is 25.0 Å². The van der Waals surface area contributed by atoms with Crippen molar-refractivity contribution in [3.8, 4) is 0 Å². The molecule has 4 heteroatoms. The third kappa shape index (κ3) is 2.70. The van der Waals surface area contributed by atoms with E-state index in [1.165, 1.54) is 19.3 Å². The summed E-state index contributed by atoms with van der Waals surface area (Å²) in [7, 11) is 0. The van der Waals surface area contributed by atoms with Crippen LogP contribution >= 0.6 is 15.9 Å². The first-order valence-electron chi connectivity index (χ1n) is 5.72. The molecule has 2 fully saturated rings. The van der Waals surface area contributed by atoms with Gasteiger partial charge in [-0.15, -0.1) is 0 Å². The molecule has 2 rings (SSSR count). The molecule has 0 N–H and O–H groups in total. The summed E-state index contributed by atoms with van der Waals surface area (Å²) in [6, 6.07) is 0. The van der Waals surface area contributed by atoms with Crippen molar-refractivity contribution < 1.29 is 8.78 Å². The van der Waals surface area contributed by atoms with Gasteiger partial charge in [-0.05, 0) is 31.2 Å². The third-order valence-corrected chi connectivity index (χ3v) is 4.92. The van der Waals surface area contributed by atoms with Gasteiger partial charge in [0.1, 0.15) is 0 Å². The minimum atomic E-state index is -2.45. The molecular weight excluding hydrogens is 264 g/mol. The van der Waals surface area contributed by atoms with Crippen LogP contribution in [0, 0.1) is 5.41 Å². The lowest BCUT2D eigenvalue weighted by Crippen LogP contribution is -2.50. The Morgan fingerprint density at radius 3 is 2.33 bits per heavy atom. The maximum Gasteiger partial charge on any atom is 0.260 e. The Labute approximate surface area is 98.3 Å². The van der Waals surface area contributed by atoms with E-state index < -0.39 is 5.92 Å². The number of nitrogens with zero attached hydrogens (tertiary/aromatic N) is 1. The monoisotopic (exact) mass is 281 g/mol. The molecule has 0 spiro atoms. The smallest absolute Gasteiger partial charge is 0.260 e. The molecule has 0 aromatic heterocycles. The maximum atomic E-state index is 13.2. The minimum Gasteiger partial charge on any atom is -0.297 e. The van der Waals surface area contributed by atoms with Gasteiger partial charge in [0.25, 0.3) is 5.92 Å². The van der Waals surface area contributed by atoms with Crippen molar-refractivity contribution in [1.82, 2.24) is 4.90 Å². The molecule has 0 amide bonds. The van der Waals surface area contributed by atoms with Crippen molar-refractivity contribution in [1.29, 1.82) is 0 Å². The summed E-state index contributed by atoms with van der Waals surface area (Å²) in [5.41, 5.74) is 0.299. The van der Waals surface area contributed by atoms with Crippen LogP contribution in [0.3, 0.4) is 0 Å². The van der Waals surface area contributed by atoms with E-state index in [9.17, 15) is 8.78 Å². The highest BCUT2D eigenvalue weighted by molar-refractivity contribution is 9.09. The van der Waals surface area contributed by atoms with Crippen LogP contribution in [0.25, 0.3) is 0 Å². The van der Waals surface area contributed by atoms with Crippen LogP contribution < -0.4 is 0 Å². The summed E-state index contributed by atoms with van der Waals surface area (Å²) in [6.45, 7) is 1.68. The number of alkyl halides is 3. The van der Waals surface area contributed by atoms with Gasteiger partial charge < -0.3 is 0 Å². The highest BCUT2D eigenvalue weighted by Crippen LogP contribution is 2.43. The van der Waals surface area contributed by atoms with Gasteiger partial charge in [-0.3, -0.25) is 4.90 Å². The molecule has 1 aliphatic heterocycles. The summed E-state index contributed by atoms with van der Waals surface area (Å²) in [4.78, 5) is 1.96. The zero-order valence-corrected chi connectivity index (χ0v) is 10.5. The van der Waals surface area contributed by atoms with E-state index in [0.717, 1.165) is 18.4 Å². The van der Waals surface area contributed by atoms with Gasteiger partial charge in [-0.1, -0.05) is 22.4 Å². The molecule has 1 saturated heterocycles. The number of likely N-dealkylation sites (tertiary alicyclic amines) is 1. The molecule has 2 aliphatic rings. The van der Waals surface area contributed by atoms with Crippen LogP contribution in [-0.2, 0) is 0 Å². The van der Waals surface area contributed by atoms with Crippen LogP contribution in [0.15, 0.2) is 0 Å². The first-order valence-corrected chi connectivity index (χ1v) is 6.84. The van der Waals surface area contributed by atoms with Gasteiger partial charge in [0.05, 0.1) is 6.54 Å². The molecule has 0 unspecified atom stereocenters. The predicted octanol–water partition coefficient (Wildman–Crippen LogP) is 3.28. The summed E-state index contributed by atoms with van der Waals surface area (Å²) in [5, 5.41) is 0.960. The molecule has 1 nitrogen and oxygen atoms in total. The van der Waals surface area contributed by atoms with E-state index in [2.05, 4.69) is 15.9 Å². The normalized spacial score (nSPS) is 29.8. The lowest BCUT2D eigenvalue weighted by molar-refractivity contribution is -0.0766. The Kier molecular flexibility index (Phi) is 3.36. The van der Waals surface area contributed by atoms with E-state index in [4.69, 9.17) is 0 Å². The maximum absolute atomic E-state index is 13.2. The number of halogens is 3. The molecule has 0 radical (unpaired) electrons. The van der Waals surface area contributed by atoms with Gasteiger partial charge in [-0.2, -0.15) is 0 Å². The molecule has 0 atom stereocenters. The highest BCUT2D eigenvalue weighted by Gasteiger charge is 2.41. The largest absolute Gasteiger partial charge is 0.297 e. The average molecular weight is 282 g/mol. The first-order chi connectivity index (χ1) is 7.05. The Bertz CT molecular complexity index is 223. The molecule has 1 aliphatic carbocycles. The Morgan fingerprint density at radius 1 is 1.13 bits per heavy atom. The predicted molar refractivity (Wildman–Crippen MR) is 60.7 cm³/mol. The molecule has 0 bridgehead atoms. The molecule has 1 saturated carbocycles. The quantitative estimate of drug-likeness (QED) is 0.718. The van der Waals surface area contributed by atoms with Crippen molar-refractivity contribution in [3.05, 3.63) is 0 Å². The van der Waals surface area contributed by atoms with Gasteiger partial charge in [-0.25, -0.2) is 8.78 Å². The number of hydrogen-bond donors (Lipinski definition) is 0. The van der Waals surface area contributed by atoms with Gasteiger partial charge in [0.2, 0.25) is 0 Å². The minimum absolute atomic E-state index is 0.0260. The van der Waals surface area contributed by atoms with Gasteiger partial charge in [0, 0.05) is 18.3 Å².